The fraction of sp³-hybridized carbons (Fsp3) is 0.364. The van der Waals surface area contributed by atoms with Gasteiger partial charge in [-0.3, -0.25) is 4.79 Å². The van der Waals surface area contributed by atoms with Crippen LogP contribution in [0.4, 0.5) is 0 Å². The van der Waals surface area contributed by atoms with E-state index in [4.69, 9.17) is 4.43 Å². The fourth-order valence-electron chi connectivity index (χ4n) is 1.63. The lowest BCUT2D eigenvalue weighted by atomic mass is 9.93. The molecule has 0 radical (unpaired) electrons. The highest BCUT2D eigenvalue weighted by Gasteiger charge is 2.19. The Morgan fingerprint density at radius 3 is 2.64 bits per heavy atom. The van der Waals surface area contributed by atoms with Crippen molar-refractivity contribution in [1.29, 1.82) is 0 Å². The first kappa shape index (κ1) is 11.0. The van der Waals surface area contributed by atoms with E-state index in [-0.39, 0.29) is 11.9 Å². The van der Waals surface area contributed by atoms with Crippen LogP contribution < -0.4 is 0 Å². The number of carbonyl (C=O) groups excluding carboxylic acids is 1. The lowest BCUT2D eigenvalue weighted by molar-refractivity contribution is -0.135. The summed E-state index contributed by atoms with van der Waals surface area (Å²) in [5.41, 5.74) is 2.25. The standard InChI is InChI=1S/C11H16O2Si/c1-3-9(11(12)13-14)10-7-5-4-6-8(10)2/h4-7,9H,3H2,1-2,14H3. The summed E-state index contributed by atoms with van der Waals surface area (Å²) in [6.07, 6.45) is 0.798. The molecule has 0 heterocycles. The number of carbonyl (C=O) groups is 1. The van der Waals surface area contributed by atoms with E-state index >= 15 is 0 Å². The normalized spacial score (nSPS) is 12.4. The van der Waals surface area contributed by atoms with Crippen LogP contribution in [0.3, 0.4) is 0 Å². The van der Waals surface area contributed by atoms with Crippen molar-refractivity contribution in [2.45, 2.75) is 26.2 Å². The molecule has 0 aromatic heterocycles. The molecule has 2 nitrogen and oxygen atoms in total. The van der Waals surface area contributed by atoms with Gasteiger partial charge in [-0.05, 0) is 24.5 Å². The molecule has 1 atom stereocenters. The third-order valence-corrected chi connectivity index (χ3v) is 2.86. The molecule has 0 saturated heterocycles. The first-order chi connectivity index (χ1) is 6.70. The molecule has 0 spiro atoms. The monoisotopic (exact) mass is 208 g/mol. The molecule has 0 amide bonds. The first-order valence-corrected chi connectivity index (χ1v) is 5.65. The number of hydrogen-bond donors (Lipinski definition) is 0. The van der Waals surface area contributed by atoms with Gasteiger partial charge < -0.3 is 4.43 Å². The van der Waals surface area contributed by atoms with Gasteiger partial charge in [0.25, 0.3) is 5.97 Å². The van der Waals surface area contributed by atoms with Gasteiger partial charge in [0.15, 0.2) is 0 Å². The molecule has 14 heavy (non-hydrogen) atoms. The van der Waals surface area contributed by atoms with E-state index in [2.05, 4.69) is 0 Å². The molecule has 0 aliphatic rings. The average Bonchev–Trinajstić information content (AvgIpc) is 2.21. The molecule has 1 aromatic carbocycles. The van der Waals surface area contributed by atoms with E-state index in [1.54, 1.807) is 0 Å². The molecule has 1 rings (SSSR count). The minimum Gasteiger partial charge on any atom is -0.528 e. The number of aryl methyl sites for hydroxylation is 1. The lowest BCUT2D eigenvalue weighted by Gasteiger charge is -2.15. The molecule has 0 bridgehead atoms. The first-order valence-electron chi connectivity index (χ1n) is 4.84. The molecule has 76 valence electrons. The molecule has 1 aromatic rings. The number of benzene rings is 1. The minimum absolute atomic E-state index is 0.0892. The Kier molecular flexibility index (Phi) is 3.89. The van der Waals surface area contributed by atoms with Crippen LogP contribution >= 0.6 is 0 Å². The topological polar surface area (TPSA) is 26.3 Å². The maximum atomic E-state index is 11.5. The Morgan fingerprint density at radius 2 is 2.14 bits per heavy atom. The van der Waals surface area contributed by atoms with Crippen LogP contribution in [0, 0.1) is 6.92 Å². The molecule has 1 unspecified atom stereocenters. The van der Waals surface area contributed by atoms with Crippen molar-refractivity contribution in [1.82, 2.24) is 0 Å². The molecule has 0 aliphatic carbocycles. The Hall–Kier alpha value is -1.09. The van der Waals surface area contributed by atoms with Crippen molar-refractivity contribution in [2.75, 3.05) is 0 Å². The second-order valence-electron chi connectivity index (χ2n) is 3.34. The average molecular weight is 208 g/mol. The van der Waals surface area contributed by atoms with Gasteiger partial charge in [0.05, 0.1) is 5.92 Å². The zero-order valence-corrected chi connectivity index (χ0v) is 10.9. The van der Waals surface area contributed by atoms with Crippen molar-refractivity contribution >= 4 is 16.5 Å². The highest BCUT2D eigenvalue weighted by atomic mass is 28.2. The summed E-state index contributed by atoms with van der Waals surface area (Å²) in [7, 11) is 0.475. The van der Waals surface area contributed by atoms with Gasteiger partial charge in [-0.25, -0.2) is 0 Å². The van der Waals surface area contributed by atoms with Gasteiger partial charge >= 0.3 is 0 Å². The maximum Gasteiger partial charge on any atom is 0.299 e. The largest absolute Gasteiger partial charge is 0.528 e. The van der Waals surface area contributed by atoms with E-state index < -0.39 is 0 Å². The molecule has 3 heteroatoms. The van der Waals surface area contributed by atoms with E-state index in [1.165, 1.54) is 0 Å². The van der Waals surface area contributed by atoms with Crippen LogP contribution in [0.1, 0.15) is 30.4 Å². The zero-order valence-electron chi connectivity index (χ0n) is 8.91. The van der Waals surface area contributed by atoms with Gasteiger partial charge in [-0.1, -0.05) is 31.2 Å². The predicted octanol–water partition coefficient (Wildman–Crippen LogP) is 1.31. The van der Waals surface area contributed by atoms with Crippen molar-refractivity contribution in [3.8, 4) is 0 Å². The van der Waals surface area contributed by atoms with Crippen molar-refractivity contribution in [3.63, 3.8) is 0 Å². The summed E-state index contributed by atoms with van der Waals surface area (Å²) >= 11 is 0. The van der Waals surface area contributed by atoms with Crippen molar-refractivity contribution in [2.24, 2.45) is 0 Å². The molecule has 0 saturated carbocycles. The molecule has 0 aliphatic heterocycles. The van der Waals surface area contributed by atoms with Crippen LogP contribution in [0.5, 0.6) is 0 Å². The summed E-state index contributed by atoms with van der Waals surface area (Å²) in [6.45, 7) is 4.04. The van der Waals surface area contributed by atoms with Crippen LogP contribution in [0.2, 0.25) is 0 Å². The Balaban J connectivity index is 3.01. The Bertz CT molecular complexity index is 323. The van der Waals surface area contributed by atoms with Gasteiger partial charge in [0, 0.05) is 0 Å². The van der Waals surface area contributed by atoms with Crippen molar-refractivity contribution in [3.05, 3.63) is 35.4 Å². The van der Waals surface area contributed by atoms with Crippen LogP contribution in [0.15, 0.2) is 24.3 Å². The van der Waals surface area contributed by atoms with Crippen LogP contribution in [-0.4, -0.2) is 16.5 Å². The Labute approximate surface area is 87.8 Å². The maximum absolute atomic E-state index is 11.5. The summed E-state index contributed by atoms with van der Waals surface area (Å²) in [5, 5.41) is 0. The summed E-state index contributed by atoms with van der Waals surface area (Å²) in [6, 6.07) is 7.98. The molecule has 0 N–H and O–H groups in total. The lowest BCUT2D eigenvalue weighted by Crippen LogP contribution is -2.14. The summed E-state index contributed by atoms with van der Waals surface area (Å²) in [5.74, 6) is -0.179. The van der Waals surface area contributed by atoms with Gasteiger partial charge in [-0.2, -0.15) is 0 Å². The highest BCUT2D eigenvalue weighted by Crippen LogP contribution is 2.23. The molecule has 0 fully saturated rings. The van der Waals surface area contributed by atoms with E-state index in [1.807, 2.05) is 38.1 Å². The Morgan fingerprint density at radius 1 is 1.50 bits per heavy atom. The molecular formula is C11H16O2Si. The van der Waals surface area contributed by atoms with Crippen LogP contribution in [0.25, 0.3) is 0 Å². The summed E-state index contributed by atoms with van der Waals surface area (Å²) < 4.78 is 4.91. The minimum atomic E-state index is -0.0894. The van der Waals surface area contributed by atoms with Gasteiger partial charge in [0.1, 0.15) is 0 Å². The van der Waals surface area contributed by atoms with Crippen molar-refractivity contribution < 1.29 is 9.22 Å². The fourth-order valence-corrected chi connectivity index (χ4v) is 1.92. The van der Waals surface area contributed by atoms with Gasteiger partial charge in [0.2, 0.25) is 10.5 Å². The quantitative estimate of drug-likeness (QED) is 0.700. The third-order valence-electron chi connectivity index (χ3n) is 2.46. The molecular weight excluding hydrogens is 192 g/mol. The van der Waals surface area contributed by atoms with E-state index in [0.717, 1.165) is 17.5 Å². The third kappa shape index (κ3) is 2.23. The number of rotatable bonds is 3. The second kappa shape index (κ2) is 4.96. The van der Waals surface area contributed by atoms with Gasteiger partial charge in [-0.15, -0.1) is 0 Å². The van der Waals surface area contributed by atoms with E-state index in [9.17, 15) is 4.79 Å². The summed E-state index contributed by atoms with van der Waals surface area (Å²) in [4.78, 5) is 11.5. The smallest absolute Gasteiger partial charge is 0.299 e. The number of hydrogen-bond acceptors (Lipinski definition) is 2. The zero-order chi connectivity index (χ0) is 10.6. The highest BCUT2D eigenvalue weighted by molar-refractivity contribution is 6.06. The predicted molar refractivity (Wildman–Crippen MR) is 60.2 cm³/mol. The SMILES string of the molecule is CCC(C(=O)O[SiH3])c1ccccc1C. The second-order valence-corrected chi connectivity index (χ2v) is 3.75. The van der Waals surface area contributed by atoms with Crippen LogP contribution in [-0.2, 0) is 9.22 Å². The van der Waals surface area contributed by atoms with E-state index in [0.29, 0.717) is 10.5 Å².